The van der Waals surface area contributed by atoms with Gasteiger partial charge in [0, 0.05) is 29.7 Å². The van der Waals surface area contributed by atoms with Crippen LogP contribution < -0.4 is 23.8 Å². The van der Waals surface area contributed by atoms with Gasteiger partial charge < -0.3 is 24.4 Å². The largest absolute Gasteiger partial charge is 0.495 e. The molecule has 0 aromatic heterocycles. The Morgan fingerprint density at radius 3 is 2.12 bits per heavy atom. The first kappa shape index (κ1) is 31.9. The van der Waals surface area contributed by atoms with Crippen LogP contribution in [0.3, 0.4) is 0 Å². The smallest absolute Gasteiger partial charge is 0.265 e. The quantitative estimate of drug-likeness (QED) is 0.318. The number of amides is 2. The van der Waals surface area contributed by atoms with E-state index >= 15 is 0 Å². The van der Waals surface area contributed by atoms with Gasteiger partial charge in [-0.15, -0.1) is 0 Å². The molecule has 0 unspecified atom stereocenters. The number of benzene rings is 3. The number of nitrogens with zero attached hydrogens (tertiary/aromatic N) is 2. The van der Waals surface area contributed by atoms with Crippen molar-refractivity contribution in [1.29, 1.82) is 0 Å². The number of methoxy groups -OCH3 is 3. The Kier molecular flexibility index (Phi) is 10.7. The molecule has 0 heterocycles. The second-order valence-electron chi connectivity index (χ2n) is 8.79. The molecule has 13 heteroatoms. The third-order valence-electron chi connectivity index (χ3n) is 6.29. The molecule has 1 atom stereocenters. The fourth-order valence-electron chi connectivity index (χ4n) is 4.10. The van der Waals surface area contributed by atoms with Crippen LogP contribution in [0, 0.1) is 0 Å². The molecule has 220 valence electrons. The van der Waals surface area contributed by atoms with Crippen LogP contribution in [-0.2, 0) is 26.2 Å². The van der Waals surface area contributed by atoms with Crippen molar-refractivity contribution in [1.82, 2.24) is 10.2 Å². The van der Waals surface area contributed by atoms with Gasteiger partial charge in [-0.3, -0.25) is 13.9 Å². The minimum absolute atomic E-state index is 0.00902. The average Bonchev–Trinajstić information content (AvgIpc) is 2.97. The lowest BCUT2D eigenvalue weighted by Crippen LogP contribution is -2.50. The third-order valence-corrected chi connectivity index (χ3v) is 8.51. The average molecular weight is 625 g/mol. The molecule has 10 nitrogen and oxygen atoms in total. The minimum Gasteiger partial charge on any atom is -0.495 e. The van der Waals surface area contributed by atoms with Gasteiger partial charge in [0.25, 0.3) is 10.0 Å². The molecule has 0 fully saturated rings. The molecule has 3 aromatic carbocycles. The Morgan fingerprint density at radius 2 is 1.51 bits per heavy atom. The van der Waals surface area contributed by atoms with Gasteiger partial charge in [-0.2, -0.15) is 0 Å². The van der Waals surface area contributed by atoms with Crippen LogP contribution in [0.4, 0.5) is 5.69 Å². The Balaban J connectivity index is 2.15. The van der Waals surface area contributed by atoms with Crippen molar-refractivity contribution in [3.05, 3.63) is 76.3 Å². The van der Waals surface area contributed by atoms with E-state index in [1.54, 1.807) is 31.2 Å². The van der Waals surface area contributed by atoms with Gasteiger partial charge in [-0.1, -0.05) is 35.3 Å². The summed E-state index contributed by atoms with van der Waals surface area (Å²) in [5.41, 5.74) is 0.676. The van der Waals surface area contributed by atoms with E-state index in [1.165, 1.54) is 69.7 Å². The van der Waals surface area contributed by atoms with Crippen molar-refractivity contribution in [3.8, 4) is 17.2 Å². The molecule has 0 saturated carbocycles. The Labute approximate surface area is 249 Å². The van der Waals surface area contributed by atoms with Crippen LogP contribution in [0.15, 0.2) is 65.6 Å². The SMILES string of the molecule is CNC(=O)[C@@H](C)N(Cc1cccc(Cl)c1)C(=O)CN(c1cc(Cl)ccc1OC)S(=O)(=O)c1ccc(OC)c(OC)c1. The molecule has 3 aromatic rings. The summed E-state index contributed by atoms with van der Waals surface area (Å²) in [7, 11) is 1.19. The van der Waals surface area contributed by atoms with E-state index in [1.807, 2.05) is 0 Å². The first-order chi connectivity index (χ1) is 19.5. The van der Waals surface area contributed by atoms with E-state index in [4.69, 9.17) is 37.4 Å². The topological polar surface area (TPSA) is 114 Å². The van der Waals surface area contributed by atoms with E-state index < -0.39 is 34.4 Å². The molecule has 1 N–H and O–H groups in total. The Hall–Kier alpha value is -3.67. The zero-order valence-corrected chi connectivity index (χ0v) is 25.5. The van der Waals surface area contributed by atoms with E-state index in [-0.39, 0.29) is 33.6 Å². The number of sulfonamides is 1. The molecule has 0 aliphatic heterocycles. The van der Waals surface area contributed by atoms with Crippen LogP contribution >= 0.6 is 23.2 Å². The van der Waals surface area contributed by atoms with Crippen LogP contribution in [0.2, 0.25) is 10.0 Å². The Bertz CT molecular complexity index is 1520. The maximum Gasteiger partial charge on any atom is 0.265 e. The number of anilines is 1. The van der Waals surface area contributed by atoms with Gasteiger partial charge in [0.15, 0.2) is 11.5 Å². The van der Waals surface area contributed by atoms with Gasteiger partial charge >= 0.3 is 0 Å². The molecular formula is C28H31Cl2N3O7S. The summed E-state index contributed by atoms with van der Waals surface area (Å²) in [5.74, 6) is -0.440. The second-order valence-corrected chi connectivity index (χ2v) is 11.5. The molecule has 2 amide bonds. The van der Waals surface area contributed by atoms with Crippen molar-refractivity contribution in [2.24, 2.45) is 0 Å². The molecule has 0 bridgehead atoms. The predicted octanol–water partition coefficient (Wildman–Crippen LogP) is 4.38. The summed E-state index contributed by atoms with van der Waals surface area (Å²) in [5, 5.41) is 3.20. The normalized spacial score (nSPS) is 11.8. The lowest BCUT2D eigenvalue weighted by atomic mass is 10.1. The highest BCUT2D eigenvalue weighted by atomic mass is 35.5. The van der Waals surface area contributed by atoms with Crippen molar-refractivity contribution < 1.29 is 32.2 Å². The summed E-state index contributed by atoms with van der Waals surface area (Å²) in [6, 6.07) is 14.4. The number of carbonyl (C=O) groups is 2. The number of carbonyl (C=O) groups excluding carboxylic acids is 2. The van der Waals surface area contributed by atoms with Crippen molar-refractivity contribution in [2.45, 2.75) is 24.4 Å². The predicted molar refractivity (Wildman–Crippen MR) is 158 cm³/mol. The lowest BCUT2D eigenvalue weighted by Gasteiger charge is -2.32. The van der Waals surface area contributed by atoms with E-state index in [0.29, 0.717) is 16.3 Å². The zero-order valence-electron chi connectivity index (χ0n) is 23.2. The molecule has 0 aliphatic rings. The molecule has 0 radical (unpaired) electrons. The maximum atomic E-state index is 14.2. The fraction of sp³-hybridized carbons (Fsp3) is 0.286. The highest BCUT2D eigenvalue weighted by molar-refractivity contribution is 7.92. The first-order valence-electron chi connectivity index (χ1n) is 12.3. The number of hydrogen-bond acceptors (Lipinski definition) is 7. The van der Waals surface area contributed by atoms with Crippen molar-refractivity contribution in [3.63, 3.8) is 0 Å². The fourth-order valence-corrected chi connectivity index (χ4v) is 5.91. The van der Waals surface area contributed by atoms with Gasteiger partial charge in [0.05, 0.1) is 31.9 Å². The standard InChI is InChI=1S/C28H31Cl2N3O7S/c1-18(28(35)31-2)32(16-19-7-6-8-20(29)13-19)27(34)17-33(23-14-21(30)9-11-24(23)38-3)41(36,37)22-10-12-25(39-4)26(15-22)40-5/h6-15,18H,16-17H2,1-5H3,(H,31,35)/t18-/m1/s1. The molecule has 3 rings (SSSR count). The molecule has 0 aliphatic carbocycles. The van der Waals surface area contributed by atoms with Crippen molar-refractivity contribution >= 4 is 50.7 Å². The van der Waals surface area contributed by atoms with Crippen LogP contribution in [0.25, 0.3) is 0 Å². The van der Waals surface area contributed by atoms with Gasteiger partial charge in [0.2, 0.25) is 11.8 Å². The van der Waals surface area contributed by atoms with Gasteiger partial charge in [-0.05, 0) is 55.0 Å². The maximum absolute atomic E-state index is 14.2. The summed E-state index contributed by atoms with van der Waals surface area (Å²) in [4.78, 5) is 27.7. The highest BCUT2D eigenvalue weighted by Crippen LogP contribution is 2.37. The van der Waals surface area contributed by atoms with E-state index in [9.17, 15) is 18.0 Å². The molecule has 41 heavy (non-hydrogen) atoms. The second kappa shape index (κ2) is 13.8. The van der Waals surface area contributed by atoms with Crippen LogP contribution in [0.1, 0.15) is 12.5 Å². The molecule has 0 saturated heterocycles. The van der Waals surface area contributed by atoms with E-state index in [0.717, 1.165) is 4.31 Å². The number of likely N-dealkylation sites (N-methyl/N-ethyl adjacent to an activating group) is 1. The molecular weight excluding hydrogens is 593 g/mol. The third kappa shape index (κ3) is 7.35. The van der Waals surface area contributed by atoms with Crippen LogP contribution in [0.5, 0.6) is 17.2 Å². The number of halogens is 2. The van der Waals surface area contributed by atoms with Gasteiger partial charge in [-0.25, -0.2) is 8.42 Å². The first-order valence-corrected chi connectivity index (χ1v) is 14.5. The van der Waals surface area contributed by atoms with Gasteiger partial charge in [0.1, 0.15) is 18.3 Å². The zero-order chi connectivity index (χ0) is 30.3. The highest BCUT2D eigenvalue weighted by Gasteiger charge is 2.34. The number of hydrogen-bond donors (Lipinski definition) is 1. The minimum atomic E-state index is -4.43. The number of ether oxygens (including phenoxy) is 3. The molecule has 0 spiro atoms. The summed E-state index contributed by atoms with van der Waals surface area (Å²) < 4.78 is 45.2. The lowest BCUT2D eigenvalue weighted by molar-refractivity contribution is -0.139. The summed E-state index contributed by atoms with van der Waals surface area (Å²) in [6.45, 7) is 0.856. The monoisotopic (exact) mass is 623 g/mol. The van der Waals surface area contributed by atoms with Crippen LogP contribution in [-0.4, -0.2) is 66.1 Å². The number of nitrogens with one attached hydrogen (secondary N) is 1. The summed E-state index contributed by atoms with van der Waals surface area (Å²) in [6.07, 6.45) is 0. The Morgan fingerprint density at radius 1 is 0.878 bits per heavy atom. The summed E-state index contributed by atoms with van der Waals surface area (Å²) >= 11 is 12.4. The number of rotatable bonds is 12. The van der Waals surface area contributed by atoms with Crippen molar-refractivity contribution in [2.75, 3.05) is 39.2 Å². The van der Waals surface area contributed by atoms with E-state index in [2.05, 4.69) is 5.32 Å².